The van der Waals surface area contributed by atoms with Gasteiger partial charge in [0.05, 0.1) is 12.6 Å². The van der Waals surface area contributed by atoms with Crippen molar-refractivity contribution in [2.24, 2.45) is 9.98 Å². The van der Waals surface area contributed by atoms with Crippen LogP contribution in [0.5, 0.6) is 0 Å². The van der Waals surface area contributed by atoms with Crippen LogP contribution in [-0.4, -0.2) is 35.7 Å². The number of hydrogen-bond donors (Lipinski definition) is 2. The van der Waals surface area contributed by atoms with Gasteiger partial charge in [-0.25, -0.2) is 19.6 Å². The Morgan fingerprint density at radius 3 is 2.46 bits per heavy atom. The van der Waals surface area contributed by atoms with Crippen molar-refractivity contribution < 1.29 is 9.59 Å². The molecule has 0 fully saturated rings. The third-order valence-corrected chi connectivity index (χ3v) is 2.20. The van der Waals surface area contributed by atoms with Gasteiger partial charge in [-0.1, -0.05) is 0 Å². The zero-order chi connectivity index (χ0) is 10.1. The van der Waals surface area contributed by atoms with E-state index in [2.05, 4.69) is 35.2 Å². The van der Waals surface area contributed by atoms with E-state index in [-0.39, 0.29) is 17.8 Å². The number of rotatable bonds is 6. The highest BCUT2D eigenvalue weighted by Crippen LogP contribution is 2.11. The molecule has 2 atom stereocenters. The average molecular weight is 218 g/mol. The van der Waals surface area contributed by atoms with Crippen molar-refractivity contribution in [3.63, 3.8) is 0 Å². The van der Waals surface area contributed by atoms with Crippen LogP contribution in [0.2, 0.25) is 0 Å². The maximum atomic E-state index is 10.0. The molecule has 0 aliphatic rings. The molecule has 2 unspecified atom stereocenters. The van der Waals surface area contributed by atoms with Gasteiger partial charge in [0.2, 0.25) is 12.2 Å². The van der Waals surface area contributed by atoms with E-state index in [0.29, 0.717) is 12.2 Å². The molecule has 0 rings (SSSR count). The molecule has 0 heterocycles. The van der Waals surface area contributed by atoms with Gasteiger partial charge in [0.15, 0.2) is 0 Å². The van der Waals surface area contributed by atoms with Crippen LogP contribution in [0.25, 0.3) is 0 Å². The third-order valence-electron chi connectivity index (χ3n) is 1.43. The van der Waals surface area contributed by atoms with Crippen molar-refractivity contribution >= 4 is 37.4 Å². The number of nitrogens with zero attached hydrogens (tertiary/aromatic N) is 2. The normalized spacial score (nSPS) is 13.7. The van der Waals surface area contributed by atoms with E-state index < -0.39 is 0 Å². The van der Waals surface area contributed by atoms with Crippen molar-refractivity contribution in [3.8, 4) is 0 Å². The summed E-state index contributed by atoms with van der Waals surface area (Å²) in [5.74, 6) is 0.595. The molecular weight excluding hydrogens is 208 g/mol. The average Bonchev–Trinajstić information content (AvgIpc) is 2.14. The molecule has 0 saturated heterocycles. The van der Waals surface area contributed by atoms with E-state index in [1.807, 2.05) is 0 Å². The molecule has 0 saturated carbocycles. The van der Waals surface area contributed by atoms with Crippen molar-refractivity contribution in [1.82, 2.24) is 0 Å². The predicted octanol–water partition coefficient (Wildman–Crippen LogP) is 0.645. The molecule has 72 valence electrons. The van der Waals surface area contributed by atoms with Crippen molar-refractivity contribution in [2.75, 3.05) is 12.3 Å². The van der Waals surface area contributed by atoms with Crippen LogP contribution in [0.1, 0.15) is 6.42 Å². The fourth-order valence-electron chi connectivity index (χ4n) is 0.795. The molecular formula is C7H10N2O2S2. The smallest absolute Gasteiger partial charge is 0.211 e. The van der Waals surface area contributed by atoms with Crippen LogP contribution < -0.4 is 0 Å². The number of carbonyl (C=O) groups excluding carboxylic acids is 2. The number of thiol groups is 2. The Kier molecular flexibility index (Phi) is 7.74. The lowest BCUT2D eigenvalue weighted by atomic mass is 10.1. The second-order valence-corrected chi connectivity index (χ2v) is 3.41. The molecule has 4 nitrogen and oxygen atoms in total. The molecule has 0 spiro atoms. The fraction of sp³-hybridized carbons (Fsp3) is 0.714. The van der Waals surface area contributed by atoms with Gasteiger partial charge in [-0.05, 0) is 12.2 Å². The molecule has 0 aliphatic heterocycles. The molecule has 13 heavy (non-hydrogen) atoms. The van der Waals surface area contributed by atoms with E-state index >= 15 is 0 Å². The molecule has 0 aromatic carbocycles. The minimum Gasteiger partial charge on any atom is -0.211 e. The Labute approximate surface area is 87.4 Å². The summed E-state index contributed by atoms with van der Waals surface area (Å²) in [6.45, 7) is 0.205. The molecule has 0 aliphatic carbocycles. The monoisotopic (exact) mass is 218 g/mol. The van der Waals surface area contributed by atoms with Crippen LogP contribution in [0, 0.1) is 0 Å². The predicted molar refractivity (Wildman–Crippen MR) is 56.1 cm³/mol. The first-order valence-corrected chi connectivity index (χ1v) is 4.80. The maximum Gasteiger partial charge on any atom is 0.235 e. The molecule has 6 heteroatoms. The summed E-state index contributed by atoms with van der Waals surface area (Å²) in [5.41, 5.74) is 0. The molecule has 0 amide bonds. The minimum absolute atomic E-state index is 0.205. The van der Waals surface area contributed by atoms with E-state index in [4.69, 9.17) is 0 Å². The summed E-state index contributed by atoms with van der Waals surface area (Å²) < 4.78 is 0. The molecule has 0 aromatic rings. The highest BCUT2D eigenvalue weighted by Gasteiger charge is 2.15. The van der Waals surface area contributed by atoms with Crippen LogP contribution in [0.4, 0.5) is 0 Å². The van der Waals surface area contributed by atoms with E-state index in [9.17, 15) is 9.59 Å². The van der Waals surface area contributed by atoms with Crippen LogP contribution >= 0.6 is 25.3 Å². The Morgan fingerprint density at radius 2 is 2.00 bits per heavy atom. The van der Waals surface area contributed by atoms with Crippen molar-refractivity contribution in [1.29, 1.82) is 0 Å². The van der Waals surface area contributed by atoms with Gasteiger partial charge >= 0.3 is 0 Å². The Hall–Kier alpha value is -0.540. The lowest BCUT2D eigenvalue weighted by molar-refractivity contribution is 0.548. The summed E-state index contributed by atoms with van der Waals surface area (Å²) >= 11 is 8.15. The zero-order valence-corrected chi connectivity index (χ0v) is 8.67. The number of hydrogen-bond acceptors (Lipinski definition) is 6. The SMILES string of the molecule is O=C=NCC(S)C(CCS)N=C=O. The summed E-state index contributed by atoms with van der Waals surface area (Å²) in [6.07, 6.45) is 3.48. The quantitative estimate of drug-likeness (QED) is 0.390. The largest absolute Gasteiger partial charge is 0.235 e. The van der Waals surface area contributed by atoms with Crippen molar-refractivity contribution in [2.45, 2.75) is 17.7 Å². The van der Waals surface area contributed by atoms with Gasteiger partial charge in [0.1, 0.15) is 0 Å². The Bertz CT molecular complexity index is 235. The van der Waals surface area contributed by atoms with Crippen LogP contribution in [-0.2, 0) is 9.59 Å². The van der Waals surface area contributed by atoms with Gasteiger partial charge in [0.25, 0.3) is 0 Å². The third kappa shape index (κ3) is 5.66. The first-order valence-electron chi connectivity index (χ1n) is 3.65. The van der Waals surface area contributed by atoms with Crippen LogP contribution in [0.3, 0.4) is 0 Å². The lowest BCUT2D eigenvalue weighted by Gasteiger charge is -2.13. The summed E-state index contributed by atoms with van der Waals surface area (Å²) in [6, 6.07) is -0.282. The summed E-state index contributed by atoms with van der Waals surface area (Å²) in [5, 5.41) is -0.255. The molecule has 0 aromatic heterocycles. The summed E-state index contributed by atoms with van der Waals surface area (Å²) in [4.78, 5) is 26.7. The molecule has 0 N–H and O–H groups in total. The van der Waals surface area contributed by atoms with Crippen LogP contribution in [0.15, 0.2) is 9.98 Å². The zero-order valence-electron chi connectivity index (χ0n) is 6.88. The Balaban J connectivity index is 4.16. The van der Waals surface area contributed by atoms with Gasteiger partial charge < -0.3 is 0 Å². The Morgan fingerprint density at radius 1 is 1.31 bits per heavy atom. The van der Waals surface area contributed by atoms with Crippen molar-refractivity contribution in [3.05, 3.63) is 0 Å². The van der Waals surface area contributed by atoms with Gasteiger partial charge in [-0.15, -0.1) is 0 Å². The molecule has 0 radical (unpaired) electrons. The first kappa shape index (κ1) is 12.5. The maximum absolute atomic E-state index is 10.0. The van der Waals surface area contributed by atoms with E-state index in [1.54, 1.807) is 0 Å². The lowest BCUT2D eigenvalue weighted by Crippen LogP contribution is -2.22. The minimum atomic E-state index is -0.282. The molecule has 0 bridgehead atoms. The number of isocyanates is 2. The van der Waals surface area contributed by atoms with Gasteiger partial charge in [-0.2, -0.15) is 25.3 Å². The summed E-state index contributed by atoms with van der Waals surface area (Å²) in [7, 11) is 0. The highest BCUT2D eigenvalue weighted by molar-refractivity contribution is 7.81. The second kappa shape index (κ2) is 8.08. The van der Waals surface area contributed by atoms with E-state index in [1.165, 1.54) is 12.2 Å². The van der Waals surface area contributed by atoms with Gasteiger partial charge in [0, 0.05) is 5.25 Å². The topological polar surface area (TPSA) is 58.9 Å². The highest BCUT2D eigenvalue weighted by atomic mass is 32.1. The second-order valence-electron chi connectivity index (χ2n) is 2.30. The standard InChI is InChI=1S/C7H10N2O2S2/c10-4-8-3-7(13)6(1-2-12)9-5-11/h6-7,12-13H,1-3H2. The first-order chi connectivity index (χ1) is 6.26. The van der Waals surface area contributed by atoms with E-state index in [0.717, 1.165) is 0 Å². The number of aliphatic imine (C=N–C) groups is 2. The van der Waals surface area contributed by atoms with Gasteiger partial charge in [-0.3, -0.25) is 0 Å². The fourth-order valence-corrected chi connectivity index (χ4v) is 1.36.